The lowest BCUT2D eigenvalue weighted by atomic mass is 10.00. The van der Waals surface area contributed by atoms with E-state index >= 15 is 0 Å². The summed E-state index contributed by atoms with van der Waals surface area (Å²) in [6.07, 6.45) is 1.07. The molecule has 1 aliphatic heterocycles. The molecule has 58 valence electrons. The first-order valence-electron chi connectivity index (χ1n) is 3.81. The highest BCUT2D eigenvalue weighted by Crippen LogP contribution is 2.25. The summed E-state index contributed by atoms with van der Waals surface area (Å²) >= 11 is 0. The van der Waals surface area contributed by atoms with Gasteiger partial charge < -0.3 is 4.74 Å². The third kappa shape index (κ3) is 1.31. The average Bonchev–Trinajstić information content (AvgIpc) is 2.13. The van der Waals surface area contributed by atoms with Gasteiger partial charge in [0.15, 0.2) is 0 Å². The number of esters is 1. The largest absolute Gasteiger partial charge is 0.462 e. The van der Waals surface area contributed by atoms with Crippen molar-refractivity contribution < 1.29 is 9.53 Å². The lowest BCUT2D eigenvalue weighted by molar-refractivity contribution is -0.145. The van der Waals surface area contributed by atoms with Crippen LogP contribution in [0, 0.1) is 11.8 Å². The zero-order chi connectivity index (χ0) is 7.72. The minimum atomic E-state index is -0.0290. The first-order chi connectivity index (χ1) is 4.61. The van der Waals surface area contributed by atoms with Crippen LogP contribution in [0.4, 0.5) is 0 Å². The van der Waals surface area contributed by atoms with E-state index in [9.17, 15) is 4.79 Å². The zero-order valence-electron chi connectivity index (χ0n) is 6.76. The summed E-state index contributed by atoms with van der Waals surface area (Å²) in [5.74, 6) is 0.556. The van der Waals surface area contributed by atoms with Gasteiger partial charge in [-0.2, -0.15) is 0 Å². The Morgan fingerprint density at radius 3 is 2.40 bits per heavy atom. The van der Waals surface area contributed by atoms with Crippen LogP contribution < -0.4 is 0 Å². The fourth-order valence-corrected chi connectivity index (χ4v) is 1.17. The van der Waals surface area contributed by atoms with Gasteiger partial charge in [-0.25, -0.2) is 0 Å². The molecule has 0 unspecified atom stereocenters. The number of carbonyl (C=O) groups is 1. The maximum absolute atomic E-state index is 10.9. The quantitative estimate of drug-likeness (QED) is 0.520. The molecule has 0 aromatic heterocycles. The molecule has 2 heteroatoms. The smallest absolute Gasteiger partial charge is 0.309 e. The predicted octanol–water partition coefficient (Wildman–Crippen LogP) is 1.59. The van der Waals surface area contributed by atoms with Gasteiger partial charge in [-0.05, 0) is 12.3 Å². The third-order valence-corrected chi connectivity index (χ3v) is 2.00. The molecule has 0 spiro atoms. The molecule has 10 heavy (non-hydrogen) atoms. The van der Waals surface area contributed by atoms with E-state index < -0.39 is 0 Å². The van der Waals surface area contributed by atoms with Crippen LogP contribution in [0.1, 0.15) is 27.2 Å². The molecule has 0 aromatic rings. The molecule has 2 atom stereocenters. The second-order valence-electron chi connectivity index (χ2n) is 3.36. The maximum atomic E-state index is 10.9. The third-order valence-electron chi connectivity index (χ3n) is 2.00. The highest BCUT2D eigenvalue weighted by Gasteiger charge is 2.32. The number of cyclic esters (lactones) is 1. The molecule has 1 fully saturated rings. The van der Waals surface area contributed by atoms with Crippen molar-refractivity contribution in [1.29, 1.82) is 0 Å². The Balaban J connectivity index is 2.49. The Labute approximate surface area is 61.6 Å². The van der Waals surface area contributed by atoms with Crippen LogP contribution >= 0.6 is 0 Å². The van der Waals surface area contributed by atoms with Crippen LogP contribution in [0.5, 0.6) is 0 Å². The monoisotopic (exact) mass is 142 g/mol. The van der Waals surface area contributed by atoms with Gasteiger partial charge >= 0.3 is 5.97 Å². The van der Waals surface area contributed by atoms with Crippen molar-refractivity contribution in [3.05, 3.63) is 0 Å². The standard InChI is InChI=1S/C8H14O2/c1-5(2)7-4-6(3)8(9)10-7/h5-7H,4H2,1-3H3/t6-,7+/m0/s1. The molecule has 1 heterocycles. The summed E-state index contributed by atoms with van der Waals surface area (Å²) in [5.41, 5.74) is 0. The zero-order valence-corrected chi connectivity index (χ0v) is 6.76. The van der Waals surface area contributed by atoms with Crippen LogP contribution in [0.3, 0.4) is 0 Å². The van der Waals surface area contributed by atoms with Crippen molar-refractivity contribution in [2.45, 2.75) is 33.3 Å². The van der Waals surface area contributed by atoms with Crippen molar-refractivity contribution in [2.75, 3.05) is 0 Å². The van der Waals surface area contributed by atoms with E-state index in [0.717, 1.165) is 6.42 Å². The van der Waals surface area contributed by atoms with Crippen molar-refractivity contribution in [2.24, 2.45) is 11.8 Å². The van der Waals surface area contributed by atoms with Gasteiger partial charge in [0.2, 0.25) is 0 Å². The van der Waals surface area contributed by atoms with E-state index in [1.807, 2.05) is 6.92 Å². The van der Waals surface area contributed by atoms with E-state index in [1.165, 1.54) is 0 Å². The number of hydrogen-bond donors (Lipinski definition) is 0. The molecule has 0 radical (unpaired) electrons. The minimum Gasteiger partial charge on any atom is -0.462 e. The van der Waals surface area contributed by atoms with Crippen LogP contribution in [-0.2, 0) is 9.53 Å². The Bertz CT molecular complexity index is 140. The minimum absolute atomic E-state index is 0.0290. The van der Waals surface area contributed by atoms with Crippen LogP contribution in [0.25, 0.3) is 0 Å². The molecule has 0 aromatic carbocycles. The lowest BCUT2D eigenvalue weighted by Crippen LogP contribution is -2.13. The fourth-order valence-electron chi connectivity index (χ4n) is 1.17. The number of hydrogen-bond acceptors (Lipinski definition) is 2. The molecule has 0 amide bonds. The van der Waals surface area contributed by atoms with Gasteiger partial charge in [-0.3, -0.25) is 4.79 Å². The van der Waals surface area contributed by atoms with E-state index in [4.69, 9.17) is 4.74 Å². The average molecular weight is 142 g/mol. The van der Waals surface area contributed by atoms with Crippen molar-refractivity contribution in [1.82, 2.24) is 0 Å². The van der Waals surface area contributed by atoms with Crippen molar-refractivity contribution in [3.63, 3.8) is 0 Å². The number of rotatable bonds is 1. The summed E-state index contributed by atoms with van der Waals surface area (Å²) in [6.45, 7) is 6.08. The highest BCUT2D eigenvalue weighted by atomic mass is 16.6. The summed E-state index contributed by atoms with van der Waals surface area (Å²) in [7, 11) is 0. The second-order valence-corrected chi connectivity index (χ2v) is 3.36. The fraction of sp³-hybridized carbons (Fsp3) is 0.875. The summed E-state index contributed by atoms with van der Waals surface area (Å²) < 4.78 is 5.10. The Morgan fingerprint density at radius 1 is 1.60 bits per heavy atom. The van der Waals surface area contributed by atoms with Gasteiger partial charge in [0.25, 0.3) is 0 Å². The number of ether oxygens (including phenoxy) is 1. The predicted molar refractivity (Wildman–Crippen MR) is 38.5 cm³/mol. The van der Waals surface area contributed by atoms with Gasteiger partial charge in [-0.1, -0.05) is 20.8 Å². The first kappa shape index (κ1) is 7.58. The Morgan fingerprint density at radius 2 is 2.20 bits per heavy atom. The van der Waals surface area contributed by atoms with Gasteiger partial charge in [0.05, 0.1) is 5.92 Å². The second kappa shape index (κ2) is 2.60. The van der Waals surface area contributed by atoms with Crippen LogP contribution in [-0.4, -0.2) is 12.1 Å². The Kier molecular flexibility index (Phi) is 1.97. The first-order valence-corrected chi connectivity index (χ1v) is 3.81. The summed E-state index contributed by atoms with van der Waals surface area (Å²) in [6, 6.07) is 0. The summed E-state index contributed by atoms with van der Waals surface area (Å²) in [5, 5.41) is 0. The SMILES string of the molecule is CC(C)[C@H]1C[C@H](C)C(=O)O1. The molecule has 1 saturated heterocycles. The maximum Gasteiger partial charge on any atom is 0.309 e. The molecule has 0 bridgehead atoms. The van der Waals surface area contributed by atoms with Crippen molar-refractivity contribution in [3.8, 4) is 0 Å². The normalized spacial score (nSPS) is 33.0. The Hall–Kier alpha value is -0.530. The molecular weight excluding hydrogens is 128 g/mol. The van der Waals surface area contributed by atoms with E-state index in [2.05, 4.69) is 13.8 Å². The van der Waals surface area contributed by atoms with Gasteiger partial charge in [0.1, 0.15) is 6.10 Å². The molecule has 0 N–H and O–H groups in total. The molecule has 2 nitrogen and oxygen atoms in total. The molecule has 0 saturated carbocycles. The molecule has 1 rings (SSSR count). The lowest BCUT2D eigenvalue weighted by Gasteiger charge is -2.11. The molecular formula is C8H14O2. The van der Waals surface area contributed by atoms with E-state index in [-0.39, 0.29) is 18.0 Å². The highest BCUT2D eigenvalue weighted by molar-refractivity contribution is 5.74. The van der Waals surface area contributed by atoms with Gasteiger partial charge in [0, 0.05) is 0 Å². The topological polar surface area (TPSA) is 26.3 Å². The molecule has 0 aliphatic carbocycles. The molecule has 1 aliphatic rings. The summed E-state index contributed by atoms with van der Waals surface area (Å²) in [4.78, 5) is 10.9. The number of carbonyl (C=O) groups excluding carboxylic acids is 1. The van der Waals surface area contributed by atoms with E-state index in [1.54, 1.807) is 0 Å². The van der Waals surface area contributed by atoms with Crippen molar-refractivity contribution >= 4 is 5.97 Å². The van der Waals surface area contributed by atoms with Gasteiger partial charge in [-0.15, -0.1) is 0 Å². The van der Waals surface area contributed by atoms with Crippen LogP contribution in [0.15, 0.2) is 0 Å². The van der Waals surface area contributed by atoms with E-state index in [0.29, 0.717) is 5.92 Å². The van der Waals surface area contributed by atoms with Crippen LogP contribution in [0.2, 0.25) is 0 Å².